The SMILES string of the molecule is CC1CCC(C#Cc2ccc3c(F)c(C#CC(F)(F)F)c(F)cc3c2)OC1. The monoisotopic (exact) mass is 378 g/mol. The van der Waals surface area contributed by atoms with Crippen LogP contribution in [0.25, 0.3) is 10.8 Å². The Hall–Kier alpha value is -2.57. The molecule has 0 aliphatic carbocycles. The molecule has 2 unspecified atom stereocenters. The van der Waals surface area contributed by atoms with Crippen LogP contribution in [0.15, 0.2) is 24.3 Å². The summed E-state index contributed by atoms with van der Waals surface area (Å²) in [7, 11) is 0. The van der Waals surface area contributed by atoms with E-state index in [1.807, 2.05) is 0 Å². The molecular weight excluding hydrogens is 363 g/mol. The molecule has 140 valence electrons. The summed E-state index contributed by atoms with van der Waals surface area (Å²) >= 11 is 0. The van der Waals surface area contributed by atoms with E-state index in [0.29, 0.717) is 18.1 Å². The van der Waals surface area contributed by atoms with Crippen LogP contribution < -0.4 is 0 Å². The number of halogens is 5. The van der Waals surface area contributed by atoms with E-state index in [2.05, 4.69) is 18.8 Å². The molecule has 0 bridgehead atoms. The van der Waals surface area contributed by atoms with Crippen LogP contribution in [0.1, 0.15) is 30.9 Å². The quantitative estimate of drug-likeness (QED) is 0.452. The Kier molecular flexibility index (Phi) is 5.39. The molecule has 0 spiro atoms. The largest absolute Gasteiger partial charge is 0.458 e. The van der Waals surface area contributed by atoms with Gasteiger partial charge in [-0.05, 0) is 42.3 Å². The fraction of sp³-hybridized carbons (Fsp3) is 0.333. The maximum absolute atomic E-state index is 14.4. The van der Waals surface area contributed by atoms with Crippen LogP contribution in [0.5, 0.6) is 0 Å². The van der Waals surface area contributed by atoms with E-state index >= 15 is 0 Å². The summed E-state index contributed by atoms with van der Waals surface area (Å²) in [6, 6.07) is 5.34. The van der Waals surface area contributed by atoms with Gasteiger partial charge in [-0.25, -0.2) is 8.78 Å². The lowest BCUT2D eigenvalue weighted by molar-refractivity contribution is -0.0696. The van der Waals surface area contributed by atoms with Gasteiger partial charge in [0.15, 0.2) is 0 Å². The van der Waals surface area contributed by atoms with Crippen molar-refractivity contribution >= 4 is 10.8 Å². The maximum atomic E-state index is 14.4. The summed E-state index contributed by atoms with van der Waals surface area (Å²) in [4.78, 5) is 0. The lowest BCUT2D eigenvalue weighted by atomic mass is 10.00. The molecule has 1 saturated heterocycles. The van der Waals surface area contributed by atoms with Crippen LogP contribution in [0.4, 0.5) is 22.0 Å². The summed E-state index contributed by atoms with van der Waals surface area (Å²) in [5, 5.41) is 0.184. The Bertz CT molecular complexity index is 977. The Morgan fingerprint density at radius 3 is 2.52 bits per heavy atom. The molecule has 0 aromatic heterocycles. The molecule has 3 rings (SSSR count). The number of rotatable bonds is 0. The Balaban J connectivity index is 1.92. The van der Waals surface area contributed by atoms with Crippen LogP contribution >= 0.6 is 0 Å². The predicted molar refractivity (Wildman–Crippen MR) is 91.8 cm³/mol. The Labute approximate surface area is 153 Å². The highest BCUT2D eigenvalue weighted by atomic mass is 19.4. The van der Waals surface area contributed by atoms with Crippen molar-refractivity contribution in [2.45, 2.75) is 32.0 Å². The second-order valence-corrected chi connectivity index (χ2v) is 6.50. The van der Waals surface area contributed by atoms with Crippen LogP contribution in [-0.2, 0) is 4.74 Å². The lowest BCUT2D eigenvalue weighted by Crippen LogP contribution is -2.22. The van der Waals surface area contributed by atoms with Gasteiger partial charge in [0, 0.05) is 16.9 Å². The second-order valence-electron chi connectivity index (χ2n) is 6.50. The van der Waals surface area contributed by atoms with E-state index in [1.54, 1.807) is 0 Å². The van der Waals surface area contributed by atoms with E-state index in [1.165, 1.54) is 24.1 Å². The minimum Gasteiger partial charge on any atom is -0.365 e. The first-order valence-electron chi connectivity index (χ1n) is 8.38. The molecule has 0 radical (unpaired) electrons. The van der Waals surface area contributed by atoms with Crippen molar-refractivity contribution in [3.63, 3.8) is 0 Å². The van der Waals surface area contributed by atoms with Crippen molar-refractivity contribution in [1.82, 2.24) is 0 Å². The summed E-state index contributed by atoms with van der Waals surface area (Å²) in [6.45, 7) is 2.75. The van der Waals surface area contributed by atoms with Crippen molar-refractivity contribution in [2.24, 2.45) is 5.92 Å². The Morgan fingerprint density at radius 2 is 1.85 bits per heavy atom. The first-order chi connectivity index (χ1) is 12.7. The van der Waals surface area contributed by atoms with Gasteiger partial charge in [-0.2, -0.15) is 13.2 Å². The molecule has 1 nitrogen and oxygen atoms in total. The number of alkyl halides is 3. The first kappa shape index (κ1) is 19.2. The van der Waals surface area contributed by atoms with Gasteiger partial charge in [0.05, 0.1) is 12.2 Å². The van der Waals surface area contributed by atoms with Crippen LogP contribution in [0, 0.1) is 41.2 Å². The normalized spacial score (nSPS) is 19.8. The fourth-order valence-electron chi connectivity index (χ4n) is 2.82. The van der Waals surface area contributed by atoms with Gasteiger partial charge in [0.25, 0.3) is 0 Å². The van der Waals surface area contributed by atoms with Gasteiger partial charge in [-0.1, -0.05) is 30.8 Å². The summed E-state index contributed by atoms with van der Waals surface area (Å²) in [6.07, 6.45) is -3.15. The molecule has 2 atom stereocenters. The average molecular weight is 378 g/mol. The van der Waals surface area contributed by atoms with Gasteiger partial charge in [0.1, 0.15) is 17.7 Å². The van der Waals surface area contributed by atoms with E-state index in [0.717, 1.165) is 24.8 Å². The number of ether oxygens (including phenoxy) is 1. The minimum absolute atomic E-state index is 0.0174. The molecule has 2 aromatic carbocycles. The maximum Gasteiger partial charge on any atom is 0.458 e. The zero-order valence-electron chi connectivity index (χ0n) is 14.4. The molecule has 2 aromatic rings. The highest BCUT2D eigenvalue weighted by molar-refractivity contribution is 5.86. The van der Waals surface area contributed by atoms with Crippen molar-refractivity contribution < 1.29 is 26.7 Å². The lowest BCUT2D eigenvalue weighted by Gasteiger charge is -2.22. The Morgan fingerprint density at radius 1 is 1.07 bits per heavy atom. The highest BCUT2D eigenvalue weighted by Crippen LogP contribution is 2.25. The van der Waals surface area contributed by atoms with Gasteiger partial charge in [0.2, 0.25) is 0 Å². The van der Waals surface area contributed by atoms with Crippen molar-refractivity contribution in [3.05, 3.63) is 47.0 Å². The van der Waals surface area contributed by atoms with Crippen molar-refractivity contribution in [2.75, 3.05) is 6.61 Å². The molecule has 1 aliphatic heterocycles. The van der Waals surface area contributed by atoms with Crippen LogP contribution in [-0.4, -0.2) is 18.9 Å². The molecule has 0 saturated carbocycles. The van der Waals surface area contributed by atoms with Crippen LogP contribution in [0.3, 0.4) is 0 Å². The van der Waals surface area contributed by atoms with Gasteiger partial charge >= 0.3 is 6.18 Å². The van der Waals surface area contributed by atoms with E-state index < -0.39 is 23.4 Å². The highest BCUT2D eigenvalue weighted by Gasteiger charge is 2.24. The average Bonchev–Trinajstić information content (AvgIpc) is 2.60. The number of hydrogen-bond donors (Lipinski definition) is 0. The molecule has 6 heteroatoms. The van der Waals surface area contributed by atoms with Crippen molar-refractivity contribution in [3.8, 4) is 23.7 Å². The molecule has 0 N–H and O–H groups in total. The molecule has 0 amide bonds. The minimum atomic E-state index is -4.83. The van der Waals surface area contributed by atoms with Gasteiger partial charge in [-0.3, -0.25) is 0 Å². The first-order valence-corrected chi connectivity index (χ1v) is 8.38. The van der Waals surface area contributed by atoms with E-state index in [4.69, 9.17) is 4.74 Å². The molecular formula is C21H15F5O. The van der Waals surface area contributed by atoms with Crippen LogP contribution in [0.2, 0.25) is 0 Å². The zero-order chi connectivity index (χ0) is 19.6. The fourth-order valence-corrected chi connectivity index (χ4v) is 2.82. The third kappa shape index (κ3) is 4.78. The molecule has 27 heavy (non-hydrogen) atoms. The topological polar surface area (TPSA) is 9.23 Å². The summed E-state index contributed by atoms with van der Waals surface area (Å²) < 4.78 is 70.6. The van der Waals surface area contributed by atoms with Gasteiger partial charge < -0.3 is 4.74 Å². The standard InChI is InChI=1S/C21H15F5O/c1-13-2-5-16(27-12-13)6-3-14-4-7-17-15(10-14)11-19(22)18(20(17)23)8-9-21(24,25)26/h4,7,10-11,13,16H,2,5,12H2,1H3. The predicted octanol–water partition coefficient (Wildman–Crippen LogP) is 5.20. The molecule has 1 aliphatic rings. The second kappa shape index (κ2) is 7.58. The molecule has 1 fully saturated rings. The zero-order valence-corrected chi connectivity index (χ0v) is 14.4. The number of fused-ring (bicyclic) bond motifs is 1. The van der Waals surface area contributed by atoms with Crippen molar-refractivity contribution in [1.29, 1.82) is 0 Å². The molecule has 1 heterocycles. The number of benzene rings is 2. The smallest absolute Gasteiger partial charge is 0.365 e. The third-order valence-corrected chi connectivity index (χ3v) is 4.24. The van der Waals surface area contributed by atoms with Gasteiger partial charge in [-0.15, -0.1) is 0 Å². The summed E-state index contributed by atoms with van der Waals surface area (Å²) in [5.41, 5.74) is -0.360. The third-order valence-electron chi connectivity index (χ3n) is 4.24. The number of hydrogen-bond acceptors (Lipinski definition) is 1. The van der Waals surface area contributed by atoms with E-state index in [9.17, 15) is 22.0 Å². The summed E-state index contributed by atoms with van der Waals surface area (Å²) in [5.74, 6) is 6.57. The van der Waals surface area contributed by atoms with E-state index in [-0.39, 0.29) is 16.9 Å².